The van der Waals surface area contributed by atoms with Crippen LogP contribution in [-0.2, 0) is 4.84 Å². The van der Waals surface area contributed by atoms with E-state index in [0.717, 1.165) is 30.0 Å². The van der Waals surface area contributed by atoms with Crippen molar-refractivity contribution in [1.29, 1.82) is 0 Å². The van der Waals surface area contributed by atoms with Crippen LogP contribution in [0.15, 0.2) is 17.7 Å². The maximum Gasteiger partial charge on any atom is 0.408 e. The number of imidazole rings is 1. The third kappa shape index (κ3) is 2.87. The van der Waals surface area contributed by atoms with E-state index in [0.29, 0.717) is 30.8 Å². The maximum atomic E-state index is 12.8. The Hall–Kier alpha value is -2.06. The number of likely N-dealkylation sites (tertiary alicyclic amines) is 1. The van der Waals surface area contributed by atoms with Crippen LogP contribution in [-0.4, -0.2) is 50.9 Å². The molecule has 6 nitrogen and oxygen atoms in total. The van der Waals surface area contributed by atoms with Crippen LogP contribution in [0.4, 0.5) is 13.2 Å². The summed E-state index contributed by atoms with van der Waals surface area (Å²) in [6, 6.07) is -1.71. The average Bonchev–Trinajstić information content (AvgIpc) is 3.00. The van der Waals surface area contributed by atoms with E-state index in [2.05, 4.69) is 10.1 Å². The van der Waals surface area contributed by atoms with Crippen molar-refractivity contribution in [2.24, 2.45) is 22.9 Å². The van der Waals surface area contributed by atoms with Crippen molar-refractivity contribution in [2.45, 2.75) is 45.0 Å². The summed E-state index contributed by atoms with van der Waals surface area (Å²) < 4.78 is 39.3. The molecule has 3 atom stereocenters. The Balaban J connectivity index is 1.37. The molecule has 2 aliphatic heterocycles. The third-order valence-corrected chi connectivity index (χ3v) is 5.62. The lowest BCUT2D eigenvalue weighted by Gasteiger charge is -2.19. The molecule has 0 aromatic carbocycles. The molecule has 1 aromatic heterocycles. The number of aromatic nitrogens is 2. The van der Waals surface area contributed by atoms with Crippen LogP contribution in [0, 0.1) is 17.8 Å². The van der Waals surface area contributed by atoms with Crippen molar-refractivity contribution in [3.05, 3.63) is 18.2 Å². The number of carbonyl (C=O) groups excluding carboxylic acids is 1. The van der Waals surface area contributed by atoms with Crippen molar-refractivity contribution >= 4 is 11.6 Å². The van der Waals surface area contributed by atoms with Gasteiger partial charge in [-0.05, 0) is 32.6 Å². The molecular formula is C17H21F3N4O2. The molecule has 2 fully saturated rings. The standard InChI is InChI=1S/C17H21F3N4O2/c1-9(17(18,19)20)24-7-13(21-8-24)15(25)23-5-10-11(6-23)14(10)12-4-16(2,3)26-22-12/h7-11,14H,4-6H2,1-3H3. The van der Waals surface area contributed by atoms with Gasteiger partial charge in [-0.2, -0.15) is 13.2 Å². The SMILES string of the molecule is CC(n1cnc(C(=O)N2CC3C(C2)C3C2=NOC(C)(C)C2)c1)C(F)(F)F. The van der Waals surface area contributed by atoms with Crippen LogP contribution in [0.2, 0.25) is 0 Å². The predicted octanol–water partition coefficient (Wildman–Crippen LogP) is 2.88. The monoisotopic (exact) mass is 370 g/mol. The fourth-order valence-corrected chi connectivity index (χ4v) is 4.04. The second-order valence-electron chi connectivity index (χ2n) is 8.10. The molecule has 0 N–H and O–H groups in total. The summed E-state index contributed by atoms with van der Waals surface area (Å²) in [5.74, 6) is 0.787. The van der Waals surface area contributed by atoms with E-state index in [1.54, 1.807) is 4.90 Å². The predicted molar refractivity (Wildman–Crippen MR) is 86.6 cm³/mol. The van der Waals surface area contributed by atoms with Gasteiger partial charge in [-0.25, -0.2) is 4.98 Å². The van der Waals surface area contributed by atoms with E-state index in [1.807, 2.05) is 13.8 Å². The van der Waals surface area contributed by atoms with Gasteiger partial charge in [0, 0.05) is 31.6 Å². The lowest BCUT2D eigenvalue weighted by molar-refractivity contribution is -0.163. The Kier molecular flexibility index (Phi) is 3.65. The Bertz CT molecular complexity index is 758. The second kappa shape index (κ2) is 5.47. The molecule has 1 saturated heterocycles. The van der Waals surface area contributed by atoms with E-state index in [1.165, 1.54) is 6.20 Å². The molecule has 3 aliphatic rings. The molecule has 1 saturated carbocycles. The molecule has 3 unspecified atom stereocenters. The fourth-order valence-electron chi connectivity index (χ4n) is 4.04. The van der Waals surface area contributed by atoms with Gasteiger partial charge < -0.3 is 14.3 Å². The summed E-state index contributed by atoms with van der Waals surface area (Å²) in [4.78, 5) is 23.5. The minimum absolute atomic E-state index is 0.0571. The van der Waals surface area contributed by atoms with Gasteiger partial charge in [-0.15, -0.1) is 0 Å². The van der Waals surface area contributed by atoms with Crippen LogP contribution < -0.4 is 0 Å². The Morgan fingerprint density at radius 1 is 1.35 bits per heavy atom. The fraction of sp³-hybridized carbons (Fsp3) is 0.706. The molecule has 0 spiro atoms. The summed E-state index contributed by atoms with van der Waals surface area (Å²) in [6.45, 7) is 6.22. The number of rotatable bonds is 3. The van der Waals surface area contributed by atoms with Gasteiger partial charge >= 0.3 is 6.18 Å². The summed E-state index contributed by atoms with van der Waals surface area (Å²) in [5, 5.41) is 4.20. The first-order valence-electron chi connectivity index (χ1n) is 8.71. The first-order valence-corrected chi connectivity index (χ1v) is 8.71. The number of fused-ring (bicyclic) bond motifs is 1. The first kappa shape index (κ1) is 17.4. The quantitative estimate of drug-likeness (QED) is 0.822. The molecule has 26 heavy (non-hydrogen) atoms. The summed E-state index contributed by atoms with van der Waals surface area (Å²) in [6.07, 6.45) is -1.32. The zero-order valence-corrected chi connectivity index (χ0v) is 14.8. The Morgan fingerprint density at radius 3 is 2.54 bits per heavy atom. The Labute approximate surface area is 149 Å². The molecule has 142 valence electrons. The number of oxime groups is 1. The third-order valence-electron chi connectivity index (χ3n) is 5.62. The van der Waals surface area contributed by atoms with E-state index >= 15 is 0 Å². The maximum absolute atomic E-state index is 12.8. The Morgan fingerprint density at radius 2 is 2.00 bits per heavy atom. The van der Waals surface area contributed by atoms with Crippen molar-refractivity contribution in [3.63, 3.8) is 0 Å². The van der Waals surface area contributed by atoms with Gasteiger partial charge in [0.2, 0.25) is 0 Å². The van der Waals surface area contributed by atoms with Gasteiger partial charge in [-0.1, -0.05) is 5.16 Å². The normalized spacial score (nSPS) is 30.6. The zero-order valence-electron chi connectivity index (χ0n) is 14.8. The minimum atomic E-state index is -4.37. The number of piperidine rings is 1. The highest BCUT2D eigenvalue weighted by atomic mass is 19.4. The first-order chi connectivity index (χ1) is 12.1. The molecule has 4 rings (SSSR count). The zero-order chi connectivity index (χ0) is 18.9. The number of halogens is 3. The van der Waals surface area contributed by atoms with E-state index in [9.17, 15) is 18.0 Å². The topological polar surface area (TPSA) is 59.7 Å². The number of hydrogen-bond donors (Lipinski definition) is 0. The molecule has 3 heterocycles. The summed E-state index contributed by atoms with van der Waals surface area (Å²) in [7, 11) is 0. The van der Waals surface area contributed by atoms with Gasteiger partial charge in [0.05, 0.1) is 12.0 Å². The number of amides is 1. The highest BCUT2D eigenvalue weighted by Gasteiger charge is 2.60. The van der Waals surface area contributed by atoms with Crippen molar-refractivity contribution < 1.29 is 22.8 Å². The van der Waals surface area contributed by atoms with Crippen LogP contribution in [0.5, 0.6) is 0 Å². The molecule has 9 heteroatoms. The molecular weight excluding hydrogens is 349 g/mol. The van der Waals surface area contributed by atoms with Crippen molar-refractivity contribution in [1.82, 2.24) is 14.5 Å². The molecule has 0 radical (unpaired) electrons. The van der Waals surface area contributed by atoms with E-state index in [-0.39, 0.29) is 17.2 Å². The summed E-state index contributed by atoms with van der Waals surface area (Å²) in [5.41, 5.74) is 0.867. The van der Waals surface area contributed by atoms with Crippen LogP contribution in [0.25, 0.3) is 0 Å². The van der Waals surface area contributed by atoms with Crippen LogP contribution >= 0.6 is 0 Å². The highest BCUT2D eigenvalue weighted by Crippen LogP contribution is 2.54. The second-order valence-corrected chi connectivity index (χ2v) is 8.10. The van der Waals surface area contributed by atoms with E-state index < -0.39 is 12.2 Å². The van der Waals surface area contributed by atoms with Crippen molar-refractivity contribution in [3.8, 4) is 0 Å². The lowest BCUT2D eigenvalue weighted by Crippen LogP contribution is -2.33. The number of alkyl halides is 3. The van der Waals surface area contributed by atoms with Gasteiger partial charge in [-0.3, -0.25) is 4.79 Å². The number of carbonyl (C=O) groups is 1. The van der Waals surface area contributed by atoms with Crippen molar-refractivity contribution in [2.75, 3.05) is 13.1 Å². The molecule has 1 aromatic rings. The highest BCUT2D eigenvalue weighted by molar-refractivity contribution is 5.94. The smallest absolute Gasteiger partial charge is 0.389 e. The minimum Gasteiger partial charge on any atom is -0.389 e. The van der Waals surface area contributed by atoms with Crippen LogP contribution in [0.1, 0.15) is 43.7 Å². The van der Waals surface area contributed by atoms with Gasteiger partial charge in [0.25, 0.3) is 5.91 Å². The molecule has 0 bridgehead atoms. The van der Waals surface area contributed by atoms with Crippen LogP contribution in [0.3, 0.4) is 0 Å². The van der Waals surface area contributed by atoms with Gasteiger partial charge in [0.15, 0.2) is 0 Å². The largest absolute Gasteiger partial charge is 0.408 e. The number of hydrogen-bond acceptors (Lipinski definition) is 4. The molecule has 1 amide bonds. The lowest BCUT2D eigenvalue weighted by atomic mass is 9.98. The average molecular weight is 370 g/mol. The summed E-state index contributed by atoms with van der Waals surface area (Å²) >= 11 is 0. The van der Waals surface area contributed by atoms with E-state index in [4.69, 9.17) is 4.84 Å². The number of nitrogens with zero attached hydrogens (tertiary/aromatic N) is 4. The molecule has 1 aliphatic carbocycles. The van der Waals surface area contributed by atoms with Gasteiger partial charge in [0.1, 0.15) is 17.3 Å².